The highest BCUT2D eigenvalue weighted by atomic mass is 16.3. The minimum Gasteiger partial charge on any atom is -0.394 e. The smallest absolute Gasteiger partial charge is 0.319 e. The molecule has 0 fully saturated rings. The maximum atomic E-state index is 11.9. The van der Waals surface area contributed by atoms with Crippen molar-refractivity contribution in [2.45, 2.75) is 19.4 Å². The second-order valence-corrected chi connectivity index (χ2v) is 4.92. The maximum Gasteiger partial charge on any atom is 0.319 e. The molecule has 5 nitrogen and oxygen atoms in total. The summed E-state index contributed by atoms with van der Waals surface area (Å²) in [6, 6.07) is 10.9. The van der Waals surface area contributed by atoms with Crippen LogP contribution in [0.5, 0.6) is 0 Å². The van der Waals surface area contributed by atoms with E-state index >= 15 is 0 Å². The summed E-state index contributed by atoms with van der Waals surface area (Å²) >= 11 is 0. The number of amides is 2. The van der Waals surface area contributed by atoms with Gasteiger partial charge in [0.05, 0.1) is 24.5 Å². The number of urea groups is 1. The topological polar surface area (TPSA) is 74.2 Å². The SMILES string of the molecule is Cc1cncc(NC(=O)N[C@@H](CO)Cc2ccccc2)c1. The third-order valence-electron chi connectivity index (χ3n) is 3.01. The molecule has 2 aromatic rings. The average Bonchev–Trinajstić information content (AvgIpc) is 2.47. The predicted octanol–water partition coefficient (Wildman–Crippen LogP) is 2.12. The van der Waals surface area contributed by atoms with Gasteiger partial charge in [-0.3, -0.25) is 4.98 Å². The Morgan fingerprint density at radius 2 is 2.05 bits per heavy atom. The van der Waals surface area contributed by atoms with Crippen molar-refractivity contribution in [1.82, 2.24) is 10.3 Å². The van der Waals surface area contributed by atoms with Crippen LogP contribution in [-0.4, -0.2) is 28.8 Å². The quantitative estimate of drug-likeness (QED) is 0.787. The molecule has 5 heteroatoms. The second-order valence-electron chi connectivity index (χ2n) is 4.92. The molecule has 110 valence electrons. The molecular formula is C16H19N3O2. The molecular weight excluding hydrogens is 266 g/mol. The Morgan fingerprint density at radius 3 is 2.71 bits per heavy atom. The van der Waals surface area contributed by atoms with E-state index in [1.807, 2.05) is 43.3 Å². The van der Waals surface area contributed by atoms with E-state index in [2.05, 4.69) is 15.6 Å². The van der Waals surface area contributed by atoms with Gasteiger partial charge < -0.3 is 15.7 Å². The highest BCUT2D eigenvalue weighted by molar-refractivity contribution is 5.89. The fourth-order valence-corrected chi connectivity index (χ4v) is 2.04. The first-order valence-electron chi connectivity index (χ1n) is 6.81. The third-order valence-corrected chi connectivity index (χ3v) is 3.01. The average molecular weight is 285 g/mol. The summed E-state index contributed by atoms with van der Waals surface area (Å²) in [6.45, 7) is 1.79. The summed E-state index contributed by atoms with van der Waals surface area (Å²) in [5.74, 6) is 0. The van der Waals surface area contributed by atoms with Crippen molar-refractivity contribution in [3.63, 3.8) is 0 Å². The number of anilines is 1. The van der Waals surface area contributed by atoms with Crippen molar-refractivity contribution in [3.05, 3.63) is 59.9 Å². The maximum absolute atomic E-state index is 11.9. The Morgan fingerprint density at radius 1 is 1.29 bits per heavy atom. The number of aliphatic hydroxyl groups excluding tert-OH is 1. The number of carbonyl (C=O) groups is 1. The summed E-state index contributed by atoms with van der Waals surface area (Å²) < 4.78 is 0. The molecule has 3 N–H and O–H groups in total. The zero-order valence-corrected chi connectivity index (χ0v) is 11.9. The van der Waals surface area contributed by atoms with Crippen LogP contribution >= 0.6 is 0 Å². The van der Waals surface area contributed by atoms with E-state index in [1.165, 1.54) is 0 Å². The van der Waals surface area contributed by atoms with Crippen LogP contribution in [0.3, 0.4) is 0 Å². The number of hydrogen-bond donors (Lipinski definition) is 3. The van der Waals surface area contributed by atoms with Gasteiger partial charge >= 0.3 is 6.03 Å². The Balaban J connectivity index is 1.90. The van der Waals surface area contributed by atoms with Crippen molar-refractivity contribution >= 4 is 11.7 Å². The van der Waals surface area contributed by atoms with E-state index < -0.39 is 0 Å². The van der Waals surface area contributed by atoms with Gasteiger partial charge in [0.25, 0.3) is 0 Å². The van der Waals surface area contributed by atoms with Crippen LogP contribution in [0.15, 0.2) is 48.8 Å². The highest BCUT2D eigenvalue weighted by Crippen LogP contribution is 2.07. The van der Waals surface area contributed by atoms with E-state index in [4.69, 9.17) is 0 Å². The zero-order chi connectivity index (χ0) is 15.1. The van der Waals surface area contributed by atoms with Crippen LogP contribution < -0.4 is 10.6 Å². The molecule has 21 heavy (non-hydrogen) atoms. The van der Waals surface area contributed by atoms with Crippen LogP contribution in [0.1, 0.15) is 11.1 Å². The van der Waals surface area contributed by atoms with Gasteiger partial charge in [-0.05, 0) is 30.5 Å². The largest absolute Gasteiger partial charge is 0.394 e. The number of aryl methyl sites for hydroxylation is 1. The van der Waals surface area contributed by atoms with Crippen LogP contribution in [0.4, 0.5) is 10.5 Å². The van der Waals surface area contributed by atoms with E-state index in [-0.39, 0.29) is 18.7 Å². The van der Waals surface area contributed by atoms with Crippen molar-refractivity contribution in [1.29, 1.82) is 0 Å². The molecule has 0 unspecified atom stereocenters. The molecule has 0 aliphatic heterocycles. The zero-order valence-electron chi connectivity index (χ0n) is 11.9. The molecule has 1 aromatic heterocycles. The monoisotopic (exact) mass is 285 g/mol. The summed E-state index contributed by atoms with van der Waals surface area (Å²) in [7, 11) is 0. The fourth-order valence-electron chi connectivity index (χ4n) is 2.04. The molecule has 0 saturated heterocycles. The highest BCUT2D eigenvalue weighted by Gasteiger charge is 2.12. The Bertz CT molecular complexity index is 587. The number of pyridine rings is 1. The Kier molecular flexibility index (Phi) is 5.29. The molecule has 0 radical (unpaired) electrons. The third kappa shape index (κ3) is 4.89. The van der Waals surface area contributed by atoms with Crippen LogP contribution in [0, 0.1) is 6.92 Å². The van der Waals surface area contributed by atoms with E-state index in [0.717, 1.165) is 11.1 Å². The summed E-state index contributed by atoms with van der Waals surface area (Å²) in [5, 5.41) is 14.9. The number of hydrogen-bond acceptors (Lipinski definition) is 3. The lowest BCUT2D eigenvalue weighted by Crippen LogP contribution is -2.41. The molecule has 0 aliphatic rings. The van der Waals surface area contributed by atoms with Crippen LogP contribution in [0.25, 0.3) is 0 Å². The molecule has 1 heterocycles. The lowest BCUT2D eigenvalue weighted by Gasteiger charge is -2.17. The van der Waals surface area contributed by atoms with Gasteiger partial charge in [-0.15, -0.1) is 0 Å². The first-order valence-corrected chi connectivity index (χ1v) is 6.81. The standard InChI is InChI=1S/C16H19N3O2/c1-12-7-14(10-17-9-12)18-16(21)19-15(11-20)8-13-5-3-2-4-6-13/h2-7,9-10,15,20H,8,11H2,1H3,(H2,18,19,21)/t15-/m1/s1. The minimum absolute atomic E-state index is 0.117. The van der Waals surface area contributed by atoms with Gasteiger partial charge in [0.1, 0.15) is 0 Å². The van der Waals surface area contributed by atoms with E-state index in [0.29, 0.717) is 12.1 Å². The van der Waals surface area contributed by atoms with Gasteiger partial charge in [0.2, 0.25) is 0 Å². The van der Waals surface area contributed by atoms with Crippen molar-refractivity contribution in [2.24, 2.45) is 0 Å². The van der Waals surface area contributed by atoms with Crippen molar-refractivity contribution in [2.75, 3.05) is 11.9 Å². The molecule has 0 saturated carbocycles. The predicted molar refractivity (Wildman–Crippen MR) is 82.1 cm³/mol. The lowest BCUT2D eigenvalue weighted by molar-refractivity contribution is 0.224. The minimum atomic E-state index is -0.350. The second kappa shape index (κ2) is 7.40. The van der Waals surface area contributed by atoms with Gasteiger partial charge in [0, 0.05) is 6.20 Å². The summed E-state index contributed by atoms with van der Waals surface area (Å²) in [5.41, 5.74) is 2.66. The normalized spacial score (nSPS) is 11.7. The molecule has 0 spiro atoms. The van der Waals surface area contributed by atoms with Gasteiger partial charge in [-0.1, -0.05) is 30.3 Å². The first-order chi connectivity index (χ1) is 10.2. The Labute approximate surface area is 124 Å². The van der Waals surface area contributed by atoms with Gasteiger partial charge in [0.15, 0.2) is 0 Å². The van der Waals surface area contributed by atoms with E-state index in [9.17, 15) is 9.90 Å². The molecule has 0 aliphatic carbocycles. The van der Waals surface area contributed by atoms with Crippen LogP contribution in [-0.2, 0) is 6.42 Å². The number of carbonyl (C=O) groups excluding carboxylic acids is 1. The van der Waals surface area contributed by atoms with Crippen molar-refractivity contribution in [3.8, 4) is 0 Å². The molecule has 2 rings (SSSR count). The summed E-state index contributed by atoms with van der Waals surface area (Å²) in [4.78, 5) is 15.9. The number of aromatic nitrogens is 1. The number of benzene rings is 1. The van der Waals surface area contributed by atoms with E-state index in [1.54, 1.807) is 12.4 Å². The number of aliphatic hydroxyl groups is 1. The molecule has 2 amide bonds. The van der Waals surface area contributed by atoms with Gasteiger partial charge in [-0.25, -0.2) is 4.79 Å². The number of rotatable bonds is 5. The lowest BCUT2D eigenvalue weighted by atomic mass is 10.1. The number of nitrogens with zero attached hydrogens (tertiary/aromatic N) is 1. The summed E-state index contributed by atoms with van der Waals surface area (Å²) in [6.07, 6.45) is 3.88. The Hall–Kier alpha value is -2.40. The molecule has 1 aromatic carbocycles. The van der Waals surface area contributed by atoms with Crippen molar-refractivity contribution < 1.29 is 9.90 Å². The van der Waals surface area contributed by atoms with Gasteiger partial charge in [-0.2, -0.15) is 0 Å². The number of nitrogens with one attached hydrogen (secondary N) is 2. The fraction of sp³-hybridized carbons (Fsp3) is 0.250. The van der Waals surface area contributed by atoms with Crippen LogP contribution in [0.2, 0.25) is 0 Å². The first kappa shape index (κ1) is 15.0. The molecule has 0 bridgehead atoms. The molecule has 1 atom stereocenters.